The summed E-state index contributed by atoms with van der Waals surface area (Å²) in [5, 5.41) is 12.8. The van der Waals surface area contributed by atoms with Crippen LogP contribution >= 0.6 is 0 Å². The largest absolute Gasteiger partial charge is 0.367 e. The van der Waals surface area contributed by atoms with Gasteiger partial charge in [0.15, 0.2) is 0 Å². The van der Waals surface area contributed by atoms with Crippen molar-refractivity contribution in [3.05, 3.63) is 75.7 Å². The molecule has 3 heterocycles. The minimum Gasteiger partial charge on any atom is -0.367 e. The molecular weight excluding hydrogens is 514 g/mol. The number of hydrogen-bond acceptors (Lipinski definition) is 8. The van der Waals surface area contributed by atoms with E-state index in [0.29, 0.717) is 28.9 Å². The lowest BCUT2D eigenvalue weighted by Gasteiger charge is -2.13. The lowest BCUT2D eigenvalue weighted by atomic mass is 10.1. The molecule has 0 saturated heterocycles. The zero-order valence-electron chi connectivity index (χ0n) is 25.6. The van der Waals surface area contributed by atoms with Crippen LogP contribution in [-0.4, -0.2) is 30.9 Å². The van der Waals surface area contributed by atoms with Crippen LogP contribution < -0.4 is 16.6 Å². The number of nitrogens with two attached hydrogens (primary N) is 1. The summed E-state index contributed by atoms with van der Waals surface area (Å²) in [5.74, 6) is 2.31. The summed E-state index contributed by atoms with van der Waals surface area (Å²) >= 11 is 0. The fourth-order valence-corrected chi connectivity index (χ4v) is 4.12. The van der Waals surface area contributed by atoms with E-state index >= 15 is 0 Å². The summed E-state index contributed by atoms with van der Waals surface area (Å²) in [6.07, 6.45) is 10.8. The highest BCUT2D eigenvalue weighted by Crippen LogP contribution is 2.38. The van der Waals surface area contributed by atoms with Gasteiger partial charge < -0.3 is 15.6 Å². The molecule has 2 fully saturated rings. The van der Waals surface area contributed by atoms with Gasteiger partial charge in [-0.05, 0) is 89.2 Å². The Morgan fingerprint density at radius 2 is 1.63 bits per heavy atom. The number of aryl methyl sites for hydroxylation is 1. The first-order valence-electron chi connectivity index (χ1n) is 14.6. The standard InChI is InChI=1S/C19H20N4O.C6H12.C5H7N3O.C2H6/c1-13-5-4-8-16-17(13)12-21-23(19(16)24)15-9-10-18(20-11-15)22-14-6-2-3-7-14;1-5(2)6(3)4;6-5-7-4(9-8-5)3-1-2-3;1-2/h4-5,8-12,14H,2-3,6-7H2,1H3,(H,20,22);1-4H3;3H,1-2H2,(H2,6,8);1-2H3. The highest BCUT2D eigenvalue weighted by molar-refractivity contribution is 5.83. The number of benzene rings is 1. The summed E-state index contributed by atoms with van der Waals surface area (Å²) < 4.78 is 6.21. The third-order valence-electron chi connectivity index (χ3n) is 7.13. The van der Waals surface area contributed by atoms with Crippen LogP contribution in [0.25, 0.3) is 16.5 Å². The van der Waals surface area contributed by atoms with Crippen LogP contribution in [-0.2, 0) is 0 Å². The van der Waals surface area contributed by atoms with E-state index in [4.69, 9.17) is 10.3 Å². The van der Waals surface area contributed by atoms with E-state index in [2.05, 4.69) is 53.2 Å². The van der Waals surface area contributed by atoms with Gasteiger partial charge in [0.05, 0.1) is 23.5 Å². The van der Waals surface area contributed by atoms with Gasteiger partial charge in [0, 0.05) is 17.3 Å². The summed E-state index contributed by atoms with van der Waals surface area (Å²) in [7, 11) is 0. The maximum atomic E-state index is 12.7. The molecule has 0 radical (unpaired) electrons. The molecule has 3 N–H and O–H groups in total. The zero-order chi connectivity index (χ0) is 29.9. The molecule has 0 amide bonds. The van der Waals surface area contributed by atoms with Crippen molar-refractivity contribution in [2.24, 2.45) is 0 Å². The summed E-state index contributed by atoms with van der Waals surface area (Å²) in [5.41, 5.74) is 9.70. The third-order valence-corrected chi connectivity index (χ3v) is 7.13. The van der Waals surface area contributed by atoms with Gasteiger partial charge in [-0.15, -0.1) is 0 Å². The Hall–Kier alpha value is -4.01. The van der Waals surface area contributed by atoms with E-state index < -0.39 is 0 Å². The van der Waals surface area contributed by atoms with Gasteiger partial charge in [0.1, 0.15) is 5.82 Å². The van der Waals surface area contributed by atoms with Crippen molar-refractivity contribution in [2.45, 2.75) is 99.0 Å². The Morgan fingerprint density at radius 1 is 0.951 bits per heavy atom. The van der Waals surface area contributed by atoms with Crippen molar-refractivity contribution in [1.29, 1.82) is 0 Å². The Balaban J connectivity index is 0.000000222. The van der Waals surface area contributed by atoms with Crippen LogP contribution in [0.5, 0.6) is 0 Å². The smallest absolute Gasteiger partial charge is 0.279 e. The number of nitrogens with one attached hydrogen (secondary N) is 1. The fraction of sp³-hybridized carbons (Fsp3) is 0.469. The van der Waals surface area contributed by atoms with Crippen molar-refractivity contribution < 1.29 is 4.52 Å². The van der Waals surface area contributed by atoms with Crippen LogP contribution in [0.4, 0.5) is 11.8 Å². The molecule has 9 heteroatoms. The zero-order valence-corrected chi connectivity index (χ0v) is 25.6. The lowest BCUT2D eigenvalue weighted by Crippen LogP contribution is -2.21. The molecule has 220 valence electrons. The normalized spacial score (nSPS) is 14.1. The number of aromatic nitrogens is 5. The maximum absolute atomic E-state index is 12.7. The molecule has 2 aliphatic rings. The predicted molar refractivity (Wildman–Crippen MR) is 168 cm³/mol. The molecule has 0 bridgehead atoms. The molecule has 1 aromatic carbocycles. The number of pyridine rings is 1. The number of allylic oxidation sites excluding steroid dienone is 2. The Bertz CT molecular complexity index is 1460. The third kappa shape index (κ3) is 8.99. The van der Waals surface area contributed by atoms with Gasteiger partial charge in [0.25, 0.3) is 11.5 Å². The van der Waals surface area contributed by atoms with Gasteiger partial charge in [-0.1, -0.05) is 50.0 Å². The molecule has 6 rings (SSSR count). The Kier molecular flexibility index (Phi) is 11.6. The molecule has 0 atom stereocenters. The number of rotatable bonds is 4. The second-order valence-electron chi connectivity index (χ2n) is 10.7. The molecule has 0 aliphatic heterocycles. The van der Waals surface area contributed by atoms with E-state index in [1.54, 1.807) is 12.4 Å². The molecule has 9 nitrogen and oxygen atoms in total. The van der Waals surface area contributed by atoms with Crippen LogP contribution in [0.15, 0.2) is 63.2 Å². The van der Waals surface area contributed by atoms with E-state index in [1.165, 1.54) is 54.4 Å². The quantitative estimate of drug-likeness (QED) is 0.248. The van der Waals surface area contributed by atoms with Gasteiger partial charge in [-0.25, -0.2) is 4.98 Å². The number of nitrogen functional groups attached to an aromatic ring is 1. The van der Waals surface area contributed by atoms with Crippen molar-refractivity contribution >= 4 is 22.5 Å². The van der Waals surface area contributed by atoms with E-state index in [9.17, 15) is 4.79 Å². The first-order valence-corrected chi connectivity index (χ1v) is 14.6. The van der Waals surface area contributed by atoms with Crippen LogP contribution in [0.3, 0.4) is 0 Å². The van der Waals surface area contributed by atoms with Crippen LogP contribution in [0.2, 0.25) is 0 Å². The van der Waals surface area contributed by atoms with Crippen molar-refractivity contribution in [1.82, 2.24) is 24.9 Å². The van der Waals surface area contributed by atoms with Gasteiger partial charge in [0.2, 0.25) is 5.89 Å². The highest BCUT2D eigenvalue weighted by Gasteiger charge is 2.29. The molecule has 3 aromatic heterocycles. The van der Waals surface area contributed by atoms with Crippen molar-refractivity contribution in [3.8, 4) is 5.69 Å². The molecule has 0 unspecified atom stereocenters. The second-order valence-corrected chi connectivity index (χ2v) is 10.7. The first kappa shape index (κ1) is 31.5. The SMILES string of the molecule is CC.CC(C)=C(C)C.Cc1cccc2c(=O)n(-c3ccc(NC4CCCC4)nc3)ncc12.Nc1noc(C2CC2)n1. The monoisotopic (exact) mass is 559 g/mol. The van der Waals surface area contributed by atoms with E-state index in [1.807, 2.05) is 51.1 Å². The second kappa shape index (κ2) is 15.1. The average Bonchev–Trinajstić information content (AvgIpc) is 3.52. The molecule has 2 saturated carbocycles. The highest BCUT2D eigenvalue weighted by atomic mass is 16.5. The van der Waals surface area contributed by atoms with Crippen molar-refractivity contribution in [2.75, 3.05) is 11.1 Å². The van der Waals surface area contributed by atoms with Gasteiger partial charge >= 0.3 is 0 Å². The summed E-state index contributed by atoms with van der Waals surface area (Å²) in [6.45, 7) is 14.5. The summed E-state index contributed by atoms with van der Waals surface area (Å²) in [6, 6.07) is 10.1. The maximum Gasteiger partial charge on any atom is 0.279 e. The molecule has 0 spiro atoms. The molecular formula is C32H45N7O2. The average molecular weight is 560 g/mol. The van der Waals surface area contributed by atoms with Crippen LogP contribution in [0.1, 0.15) is 97.4 Å². The first-order chi connectivity index (χ1) is 19.7. The van der Waals surface area contributed by atoms with Gasteiger partial charge in [-0.2, -0.15) is 14.8 Å². The van der Waals surface area contributed by atoms with E-state index in [0.717, 1.165) is 16.8 Å². The Labute approximate surface area is 243 Å². The topological polar surface area (TPSA) is 125 Å². The van der Waals surface area contributed by atoms with Gasteiger partial charge in [-0.3, -0.25) is 4.79 Å². The molecule has 41 heavy (non-hydrogen) atoms. The molecule has 2 aliphatic carbocycles. The summed E-state index contributed by atoms with van der Waals surface area (Å²) in [4.78, 5) is 21.0. The minimum atomic E-state index is -0.116. The number of hydrogen-bond donors (Lipinski definition) is 2. The lowest BCUT2D eigenvalue weighted by molar-refractivity contribution is 0.380. The fourth-order valence-electron chi connectivity index (χ4n) is 4.12. The molecule has 4 aromatic rings. The van der Waals surface area contributed by atoms with Crippen molar-refractivity contribution in [3.63, 3.8) is 0 Å². The number of nitrogens with zero attached hydrogens (tertiary/aromatic N) is 5. The van der Waals surface area contributed by atoms with Crippen LogP contribution in [0, 0.1) is 6.92 Å². The minimum absolute atomic E-state index is 0.116. The predicted octanol–water partition coefficient (Wildman–Crippen LogP) is 7.36. The number of anilines is 2. The number of fused-ring (bicyclic) bond motifs is 1. The Morgan fingerprint density at radius 3 is 2.17 bits per heavy atom. The van der Waals surface area contributed by atoms with E-state index in [-0.39, 0.29) is 11.5 Å².